The highest BCUT2D eigenvalue weighted by atomic mass is 32.1. The van der Waals surface area contributed by atoms with Crippen molar-refractivity contribution in [2.24, 2.45) is 0 Å². The number of oxazole rings is 1. The van der Waals surface area contributed by atoms with Crippen LogP contribution in [0.4, 0.5) is 0 Å². The maximum absolute atomic E-state index is 5.70. The summed E-state index contributed by atoms with van der Waals surface area (Å²) >= 11 is 1.64. The Kier molecular flexibility index (Phi) is 3.94. The third-order valence-corrected chi connectivity index (χ3v) is 3.71. The van der Waals surface area contributed by atoms with Gasteiger partial charge in [-0.1, -0.05) is 0 Å². The predicted octanol–water partition coefficient (Wildman–Crippen LogP) is 2.70. The molecule has 0 fully saturated rings. The summed E-state index contributed by atoms with van der Waals surface area (Å²) in [5.74, 6) is 1.57. The lowest BCUT2D eigenvalue weighted by molar-refractivity contribution is 0.529. The number of hydrogen-bond acceptors (Lipinski definition) is 5. The molecular formula is C14H16N4OS. The van der Waals surface area contributed by atoms with Crippen molar-refractivity contribution in [3.63, 3.8) is 0 Å². The van der Waals surface area contributed by atoms with E-state index in [-0.39, 0.29) is 0 Å². The van der Waals surface area contributed by atoms with E-state index >= 15 is 0 Å². The van der Waals surface area contributed by atoms with Gasteiger partial charge in [0.1, 0.15) is 5.76 Å². The first-order valence-electron chi connectivity index (χ1n) is 6.50. The molecule has 0 aliphatic heterocycles. The number of nitrogens with zero attached hydrogens (tertiary/aromatic N) is 3. The first kappa shape index (κ1) is 13.1. The summed E-state index contributed by atoms with van der Waals surface area (Å²) < 4.78 is 7.60. The SMILES string of the molecule is Cc1oc(-c2ccsc2)nc1CNCCn1cccn1. The van der Waals surface area contributed by atoms with E-state index in [0.717, 1.165) is 30.1 Å². The smallest absolute Gasteiger partial charge is 0.227 e. The van der Waals surface area contributed by atoms with Gasteiger partial charge in [0.2, 0.25) is 5.89 Å². The van der Waals surface area contributed by atoms with Crippen LogP contribution in [0.15, 0.2) is 39.7 Å². The molecule has 5 nitrogen and oxygen atoms in total. The van der Waals surface area contributed by atoms with E-state index in [9.17, 15) is 0 Å². The van der Waals surface area contributed by atoms with E-state index in [2.05, 4.69) is 15.4 Å². The minimum atomic E-state index is 0.702. The number of aryl methyl sites for hydroxylation is 1. The summed E-state index contributed by atoms with van der Waals surface area (Å²) in [7, 11) is 0. The predicted molar refractivity (Wildman–Crippen MR) is 78.5 cm³/mol. The van der Waals surface area contributed by atoms with Crippen molar-refractivity contribution in [3.8, 4) is 11.5 Å². The third-order valence-electron chi connectivity index (χ3n) is 3.03. The highest BCUT2D eigenvalue weighted by Crippen LogP contribution is 2.23. The quantitative estimate of drug-likeness (QED) is 0.709. The number of nitrogens with one attached hydrogen (secondary N) is 1. The van der Waals surface area contributed by atoms with E-state index in [0.29, 0.717) is 12.4 Å². The van der Waals surface area contributed by atoms with Gasteiger partial charge in [0, 0.05) is 36.4 Å². The molecule has 6 heteroatoms. The topological polar surface area (TPSA) is 55.9 Å². The summed E-state index contributed by atoms with van der Waals surface area (Å²) in [6, 6.07) is 3.94. The van der Waals surface area contributed by atoms with Gasteiger partial charge >= 0.3 is 0 Å². The lowest BCUT2D eigenvalue weighted by atomic mass is 10.3. The first-order valence-corrected chi connectivity index (χ1v) is 7.44. The van der Waals surface area contributed by atoms with E-state index < -0.39 is 0 Å². The summed E-state index contributed by atoms with van der Waals surface area (Å²) in [6.45, 7) is 4.36. The van der Waals surface area contributed by atoms with Crippen LogP contribution in [0.1, 0.15) is 11.5 Å². The molecule has 3 aromatic heterocycles. The number of hydrogen-bond donors (Lipinski definition) is 1. The Bertz CT molecular complexity index is 643. The second-order valence-corrected chi connectivity index (χ2v) is 5.26. The maximum atomic E-state index is 5.70. The minimum absolute atomic E-state index is 0.702. The molecule has 0 radical (unpaired) electrons. The van der Waals surface area contributed by atoms with Crippen molar-refractivity contribution in [2.45, 2.75) is 20.0 Å². The van der Waals surface area contributed by atoms with Crippen molar-refractivity contribution in [3.05, 3.63) is 46.7 Å². The van der Waals surface area contributed by atoms with Gasteiger partial charge in [0.05, 0.1) is 12.2 Å². The molecule has 0 aliphatic carbocycles. The fraction of sp³-hybridized carbons (Fsp3) is 0.286. The van der Waals surface area contributed by atoms with Crippen LogP contribution in [-0.4, -0.2) is 21.3 Å². The van der Waals surface area contributed by atoms with Gasteiger partial charge in [-0.05, 0) is 24.4 Å². The summed E-state index contributed by atoms with van der Waals surface area (Å²) in [5.41, 5.74) is 2.01. The molecule has 0 amide bonds. The van der Waals surface area contributed by atoms with E-state index in [4.69, 9.17) is 4.42 Å². The first-order chi connectivity index (χ1) is 9.83. The molecule has 0 spiro atoms. The highest BCUT2D eigenvalue weighted by Gasteiger charge is 2.11. The second kappa shape index (κ2) is 6.02. The number of rotatable bonds is 6. The molecule has 0 unspecified atom stereocenters. The molecule has 0 aliphatic rings. The zero-order chi connectivity index (χ0) is 13.8. The highest BCUT2D eigenvalue weighted by molar-refractivity contribution is 7.08. The van der Waals surface area contributed by atoms with E-state index in [1.807, 2.05) is 40.7 Å². The van der Waals surface area contributed by atoms with Crippen molar-refractivity contribution in [1.29, 1.82) is 0 Å². The summed E-state index contributed by atoms with van der Waals surface area (Å²) in [5, 5.41) is 11.6. The van der Waals surface area contributed by atoms with Crippen LogP contribution < -0.4 is 5.32 Å². The van der Waals surface area contributed by atoms with Gasteiger partial charge < -0.3 is 9.73 Å². The average Bonchev–Trinajstić information content (AvgIpc) is 3.17. The van der Waals surface area contributed by atoms with Crippen LogP contribution in [0.25, 0.3) is 11.5 Å². The molecule has 0 atom stereocenters. The molecule has 104 valence electrons. The molecule has 20 heavy (non-hydrogen) atoms. The van der Waals surface area contributed by atoms with Crippen LogP contribution in [0, 0.1) is 6.92 Å². The lowest BCUT2D eigenvalue weighted by Gasteiger charge is -2.03. The van der Waals surface area contributed by atoms with Crippen LogP contribution in [0.2, 0.25) is 0 Å². The Labute approximate surface area is 121 Å². The fourth-order valence-corrected chi connectivity index (χ4v) is 2.56. The Morgan fingerprint density at radius 2 is 2.40 bits per heavy atom. The minimum Gasteiger partial charge on any atom is -0.441 e. The Morgan fingerprint density at radius 3 is 3.15 bits per heavy atom. The van der Waals surface area contributed by atoms with E-state index in [1.165, 1.54) is 0 Å². The molecular weight excluding hydrogens is 272 g/mol. The standard InChI is InChI=1S/C14H16N4OS/c1-11-13(9-15-5-7-18-6-2-4-16-18)17-14(19-11)12-3-8-20-10-12/h2-4,6,8,10,15H,5,7,9H2,1H3. The van der Waals surface area contributed by atoms with Gasteiger partial charge in [0.25, 0.3) is 0 Å². The van der Waals surface area contributed by atoms with Crippen LogP contribution in [0.3, 0.4) is 0 Å². The van der Waals surface area contributed by atoms with Crippen molar-refractivity contribution in [1.82, 2.24) is 20.1 Å². The van der Waals surface area contributed by atoms with Crippen molar-refractivity contribution < 1.29 is 4.42 Å². The molecule has 0 bridgehead atoms. The number of thiophene rings is 1. The van der Waals surface area contributed by atoms with Crippen LogP contribution >= 0.6 is 11.3 Å². The largest absolute Gasteiger partial charge is 0.441 e. The van der Waals surface area contributed by atoms with Gasteiger partial charge in [-0.25, -0.2) is 4.98 Å². The normalized spacial score (nSPS) is 11.1. The number of aromatic nitrogens is 3. The van der Waals surface area contributed by atoms with Crippen LogP contribution in [-0.2, 0) is 13.1 Å². The van der Waals surface area contributed by atoms with Gasteiger partial charge in [-0.2, -0.15) is 16.4 Å². The summed E-state index contributed by atoms with van der Waals surface area (Å²) in [4.78, 5) is 4.54. The van der Waals surface area contributed by atoms with Crippen LogP contribution in [0.5, 0.6) is 0 Å². The molecule has 3 heterocycles. The lowest BCUT2D eigenvalue weighted by Crippen LogP contribution is -2.20. The van der Waals surface area contributed by atoms with Gasteiger partial charge in [-0.15, -0.1) is 0 Å². The second-order valence-electron chi connectivity index (χ2n) is 4.48. The zero-order valence-corrected chi connectivity index (χ0v) is 12.1. The van der Waals surface area contributed by atoms with Crippen molar-refractivity contribution >= 4 is 11.3 Å². The molecule has 0 saturated heterocycles. The maximum Gasteiger partial charge on any atom is 0.227 e. The molecule has 1 N–H and O–H groups in total. The molecule has 0 saturated carbocycles. The fourth-order valence-electron chi connectivity index (χ4n) is 1.93. The summed E-state index contributed by atoms with van der Waals surface area (Å²) in [6.07, 6.45) is 3.74. The van der Waals surface area contributed by atoms with E-state index in [1.54, 1.807) is 17.5 Å². The third kappa shape index (κ3) is 2.97. The zero-order valence-electron chi connectivity index (χ0n) is 11.2. The average molecular weight is 288 g/mol. The van der Waals surface area contributed by atoms with Crippen molar-refractivity contribution in [2.75, 3.05) is 6.54 Å². The molecule has 0 aromatic carbocycles. The molecule has 3 aromatic rings. The Hall–Kier alpha value is -1.92. The van der Waals surface area contributed by atoms with Gasteiger partial charge in [0.15, 0.2) is 0 Å². The monoisotopic (exact) mass is 288 g/mol. The molecule has 3 rings (SSSR count). The van der Waals surface area contributed by atoms with Gasteiger partial charge in [-0.3, -0.25) is 4.68 Å². The Morgan fingerprint density at radius 1 is 1.45 bits per heavy atom. The Balaban J connectivity index is 1.55.